The molecule has 5 rings (SSSR count). The lowest BCUT2D eigenvalue weighted by Crippen LogP contribution is -2.55. The topological polar surface area (TPSA) is 124 Å². The van der Waals surface area contributed by atoms with Gasteiger partial charge in [-0.25, -0.2) is 27.3 Å². The van der Waals surface area contributed by atoms with Crippen molar-refractivity contribution >= 4 is 29.1 Å². The smallest absolute Gasteiger partial charge is 0.338 e. The number of aliphatic imine (C=N–C) groups is 1. The largest absolute Gasteiger partial charge is 0.481 e. The zero-order valence-electron chi connectivity index (χ0n) is 21.5. The second kappa shape index (κ2) is 10.2. The van der Waals surface area contributed by atoms with E-state index in [0.29, 0.717) is 5.01 Å². The third kappa shape index (κ3) is 4.99. The van der Waals surface area contributed by atoms with Gasteiger partial charge in [-0.2, -0.15) is 0 Å². The molecule has 0 saturated carbocycles. The summed E-state index contributed by atoms with van der Waals surface area (Å²) in [7, 11) is 1.13. The van der Waals surface area contributed by atoms with Gasteiger partial charge in [-0.3, -0.25) is 14.7 Å². The maximum Gasteiger partial charge on any atom is 0.338 e. The molecule has 214 valence electrons. The average molecular weight is 583 g/mol. The van der Waals surface area contributed by atoms with Gasteiger partial charge < -0.3 is 20.3 Å². The summed E-state index contributed by atoms with van der Waals surface area (Å²) < 4.78 is 63.9. The predicted molar refractivity (Wildman–Crippen MR) is 135 cm³/mol. The van der Waals surface area contributed by atoms with Crippen LogP contribution < -0.4 is 5.32 Å². The molecule has 2 bridgehead atoms. The Morgan fingerprint density at radius 1 is 1.25 bits per heavy atom. The fraction of sp³-hybridized carbons (Fsp3) is 0.462. The zero-order chi connectivity index (χ0) is 29.0. The van der Waals surface area contributed by atoms with E-state index < -0.39 is 72.5 Å². The number of nitrogens with zero attached hydrogens (tertiary/aromatic N) is 3. The van der Waals surface area contributed by atoms with E-state index in [4.69, 9.17) is 4.74 Å². The Balaban J connectivity index is 1.60. The van der Waals surface area contributed by atoms with Crippen LogP contribution in [0.5, 0.6) is 0 Å². The van der Waals surface area contributed by atoms with Gasteiger partial charge in [0.2, 0.25) is 0 Å². The number of carboxylic acid groups (broad SMARTS) is 1. The highest BCUT2D eigenvalue weighted by atomic mass is 32.1. The fourth-order valence-electron chi connectivity index (χ4n) is 5.96. The number of alkyl halides is 2. The van der Waals surface area contributed by atoms with E-state index in [2.05, 4.69) is 15.3 Å². The van der Waals surface area contributed by atoms with E-state index in [1.54, 1.807) is 5.38 Å². The second-order valence-electron chi connectivity index (χ2n) is 10.3. The van der Waals surface area contributed by atoms with Crippen molar-refractivity contribution in [1.29, 1.82) is 0 Å². The number of benzene rings is 1. The van der Waals surface area contributed by atoms with E-state index >= 15 is 8.78 Å². The number of thiazole rings is 1. The number of carbonyl (C=O) groups is 2. The number of carbonyl (C=O) groups excluding carboxylic acids is 1. The maximum atomic E-state index is 15.1. The van der Waals surface area contributed by atoms with E-state index in [0.717, 1.165) is 13.2 Å². The summed E-state index contributed by atoms with van der Waals surface area (Å²) in [6, 6.07) is -1.35. The van der Waals surface area contributed by atoms with Crippen LogP contribution in [0, 0.1) is 18.6 Å². The molecule has 3 aliphatic heterocycles. The fourth-order valence-corrected chi connectivity index (χ4v) is 6.55. The molecule has 2 aromatic rings. The van der Waals surface area contributed by atoms with Crippen LogP contribution in [0.2, 0.25) is 0 Å². The molecule has 2 saturated heterocycles. The third-order valence-electron chi connectivity index (χ3n) is 7.72. The Morgan fingerprint density at radius 3 is 2.62 bits per heavy atom. The number of ether oxygens (including phenoxy) is 1. The standard InChI is InChI=1S/C26H26F4N4O5S/c1-12-14(3-4-15(27)20(12)28)21-19(24(37)39-2)16(32-22(33-21)23-31-5-6-40-23)11-34-13-7-25(38,10-18(35)36)9-17(34)26(29,30)8-13/h3-6,13,17,21,38H,7-11H2,1-2H3,(H,32,33)(H,35,36)/t13?,17?,21-,25+/m1/s1. The number of aromatic nitrogens is 1. The van der Waals surface area contributed by atoms with Crippen molar-refractivity contribution in [2.24, 2.45) is 4.99 Å². The van der Waals surface area contributed by atoms with E-state index in [9.17, 15) is 28.6 Å². The molecule has 9 nitrogen and oxygen atoms in total. The molecule has 1 aromatic carbocycles. The lowest BCUT2D eigenvalue weighted by Gasteiger charge is -2.44. The first-order chi connectivity index (χ1) is 18.8. The predicted octanol–water partition coefficient (Wildman–Crippen LogP) is 3.33. The number of piperidine rings is 1. The Kier molecular flexibility index (Phi) is 7.21. The van der Waals surface area contributed by atoms with Crippen LogP contribution in [-0.2, 0) is 14.3 Å². The van der Waals surface area contributed by atoms with Gasteiger partial charge >= 0.3 is 11.9 Å². The highest BCUT2D eigenvalue weighted by Crippen LogP contribution is 2.50. The van der Waals surface area contributed by atoms with Gasteiger partial charge in [-0.1, -0.05) is 6.07 Å². The molecule has 0 spiro atoms. The second-order valence-corrected chi connectivity index (χ2v) is 11.2. The summed E-state index contributed by atoms with van der Waals surface area (Å²) in [6.07, 6.45) is -0.430. The molecule has 14 heteroatoms. The van der Waals surface area contributed by atoms with Crippen LogP contribution in [0.25, 0.3) is 0 Å². The number of esters is 1. The Hall–Kier alpha value is -3.36. The summed E-state index contributed by atoms with van der Waals surface area (Å²) in [6.45, 7) is 1.11. The van der Waals surface area contributed by atoms with Crippen molar-refractivity contribution in [3.8, 4) is 0 Å². The summed E-state index contributed by atoms with van der Waals surface area (Å²) in [5.74, 6) is -7.36. The molecule has 0 amide bonds. The van der Waals surface area contributed by atoms with Crippen LogP contribution in [-0.4, -0.2) is 75.1 Å². The Labute approximate surface area is 230 Å². The molecule has 40 heavy (non-hydrogen) atoms. The molecule has 2 fully saturated rings. The van der Waals surface area contributed by atoms with Crippen LogP contribution >= 0.6 is 11.3 Å². The molecule has 2 unspecified atom stereocenters. The number of rotatable bonds is 7. The van der Waals surface area contributed by atoms with Gasteiger partial charge in [-0.05, 0) is 37.0 Å². The number of halogens is 4. The van der Waals surface area contributed by atoms with Crippen LogP contribution in [0.3, 0.4) is 0 Å². The SMILES string of the molecule is COC(=O)C1=C(CN2C3CC(F)(F)C2C[C@](O)(CC(=O)O)C3)NC(c2nccs2)=N[C@@H]1c1ccc(F)c(F)c1C. The molecule has 0 aliphatic carbocycles. The highest BCUT2D eigenvalue weighted by molar-refractivity contribution is 7.11. The Morgan fingerprint density at radius 2 is 2.00 bits per heavy atom. The lowest BCUT2D eigenvalue weighted by atomic mass is 9.83. The highest BCUT2D eigenvalue weighted by Gasteiger charge is 2.61. The molecule has 4 atom stereocenters. The van der Waals surface area contributed by atoms with Gasteiger partial charge in [0.1, 0.15) is 6.04 Å². The number of amidine groups is 1. The normalized spacial score (nSPS) is 27.8. The third-order valence-corrected chi connectivity index (χ3v) is 8.50. The monoisotopic (exact) mass is 582 g/mol. The van der Waals surface area contributed by atoms with Crippen molar-refractivity contribution in [3.63, 3.8) is 0 Å². The average Bonchev–Trinajstić information content (AvgIpc) is 3.46. The van der Waals surface area contributed by atoms with E-state index in [1.165, 1.54) is 35.4 Å². The van der Waals surface area contributed by atoms with Crippen LogP contribution in [0.15, 0.2) is 40.0 Å². The maximum absolute atomic E-state index is 15.1. The summed E-state index contributed by atoms with van der Waals surface area (Å²) >= 11 is 1.22. The molecular weight excluding hydrogens is 556 g/mol. The molecule has 3 aliphatic rings. The summed E-state index contributed by atoms with van der Waals surface area (Å²) in [5, 5.41) is 25.2. The molecule has 1 aromatic heterocycles. The van der Waals surface area contributed by atoms with Crippen molar-refractivity contribution in [3.05, 3.63) is 62.7 Å². The first-order valence-electron chi connectivity index (χ1n) is 12.4. The minimum absolute atomic E-state index is 0.0778. The lowest BCUT2D eigenvalue weighted by molar-refractivity contribution is -0.148. The van der Waals surface area contributed by atoms with Gasteiger partial charge in [-0.15, -0.1) is 11.3 Å². The van der Waals surface area contributed by atoms with Gasteiger partial charge in [0.15, 0.2) is 22.5 Å². The summed E-state index contributed by atoms with van der Waals surface area (Å²) in [4.78, 5) is 34.7. The number of nitrogens with one attached hydrogen (secondary N) is 1. The van der Waals surface area contributed by atoms with Crippen molar-refractivity contribution < 1.29 is 42.1 Å². The van der Waals surface area contributed by atoms with Gasteiger partial charge in [0, 0.05) is 36.3 Å². The van der Waals surface area contributed by atoms with Gasteiger partial charge in [0.25, 0.3) is 5.92 Å². The van der Waals surface area contributed by atoms with Crippen molar-refractivity contribution in [1.82, 2.24) is 15.2 Å². The van der Waals surface area contributed by atoms with Crippen molar-refractivity contribution in [2.45, 2.75) is 62.3 Å². The Bertz CT molecular complexity index is 1420. The number of methoxy groups -OCH3 is 1. The molecule has 0 radical (unpaired) electrons. The first kappa shape index (κ1) is 28.2. The number of fused-ring (bicyclic) bond motifs is 2. The first-order valence-corrected chi connectivity index (χ1v) is 13.3. The molecular formula is C26H26F4N4O5S. The van der Waals surface area contributed by atoms with Crippen LogP contribution in [0.1, 0.15) is 47.9 Å². The van der Waals surface area contributed by atoms with Crippen LogP contribution in [0.4, 0.5) is 17.6 Å². The number of aliphatic carboxylic acids is 1. The van der Waals surface area contributed by atoms with E-state index in [1.807, 2.05) is 0 Å². The van der Waals surface area contributed by atoms with Gasteiger partial charge in [0.05, 0.1) is 30.7 Å². The molecule has 4 heterocycles. The number of carboxylic acids is 1. The van der Waals surface area contributed by atoms with E-state index in [-0.39, 0.29) is 41.2 Å². The number of hydrogen-bond acceptors (Lipinski definition) is 9. The number of hydrogen-bond donors (Lipinski definition) is 3. The zero-order valence-corrected chi connectivity index (χ0v) is 22.3. The molecule has 3 N–H and O–H groups in total. The number of aliphatic hydroxyl groups is 1. The minimum atomic E-state index is -3.23. The minimum Gasteiger partial charge on any atom is -0.481 e. The van der Waals surface area contributed by atoms with Crippen molar-refractivity contribution in [2.75, 3.05) is 13.7 Å². The quantitative estimate of drug-likeness (QED) is 0.336. The summed E-state index contributed by atoms with van der Waals surface area (Å²) in [5.41, 5.74) is -1.65.